The Labute approximate surface area is 165 Å². The van der Waals surface area contributed by atoms with E-state index in [2.05, 4.69) is 42.7 Å². The second-order valence-electron chi connectivity index (χ2n) is 8.18. The maximum Gasteiger partial charge on any atom is 0.131 e. The molecule has 0 amide bonds. The van der Waals surface area contributed by atoms with Gasteiger partial charge in [0, 0.05) is 24.4 Å². The average Bonchev–Trinajstić information content (AvgIpc) is 2.59. The lowest BCUT2D eigenvalue weighted by Gasteiger charge is -2.49. The van der Waals surface area contributed by atoms with Gasteiger partial charge < -0.3 is 10.2 Å². The van der Waals surface area contributed by atoms with Gasteiger partial charge in [-0.15, -0.1) is 0 Å². The summed E-state index contributed by atoms with van der Waals surface area (Å²) < 4.78 is 28.3. The van der Waals surface area contributed by atoms with Crippen molar-refractivity contribution in [1.29, 1.82) is 0 Å². The van der Waals surface area contributed by atoms with E-state index >= 15 is 0 Å². The molecule has 0 unspecified atom stereocenters. The number of likely N-dealkylation sites (N-methyl/N-ethyl adjacent to an activating group) is 1. The number of hydrogen-bond acceptors (Lipinski definition) is 2. The van der Waals surface area contributed by atoms with Crippen molar-refractivity contribution in [2.45, 2.75) is 43.6 Å². The van der Waals surface area contributed by atoms with Crippen LogP contribution in [-0.4, -0.2) is 11.9 Å². The summed E-state index contributed by atoms with van der Waals surface area (Å²) >= 11 is 0. The van der Waals surface area contributed by atoms with Crippen LogP contribution >= 0.6 is 0 Å². The van der Waals surface area contributed by atoms with Crippen LogP contribution in [0.2, 0.25) is 0 Å². The molecule has 2 aromatic rings. The Hall–Kier alpha value is -2.62. The molecular weight excluding hydrogens is 354 g/mol. The Kier molecular flexibility index (Phi) is 4.53. The molecule has 2 fully saturated rings. The van der Waals surface area contributed by atoms with Crippen molar-refractivity contribution in [2.75, 3.05) is 7.05 Å². The molecule has 1 aliphatic carbocycles. The van der Waals surface area contributed by atoms with E-state index in [1.54, 1.807) is 0 Å². The van der Waals surface area contributed by atoms with Crippen molar-refractivity contribution >= 4 is 0 Å². The van der Waals surface area contributed by atoms with E-state index in [1.807, 2.05) is 18.9 Å². The highest BCUT2D eigenvalue weighted by Crippen LogP contribution is 2.47. The molecule has 146 valence electrons. The summed E-state index contributed by atoms with van der Waals surface area (Å²) in [6.45, 7) is 10.3. The van der Waals surface area contributed by atoms with Crippen molar-refractivity contribution in [1.82, 2.24) is 10.2 Å². The van der Waals surface area contributed by atoms with Crippen LogP contribution < -0.4 is 5.32 Å². The molecule has 1 saturated heterocycles. The average molecular weight is 380 g/mol. The lowest BCUT2D eigenvalue weighted by Crippen LogP contribution is -2.54. The van der Waals surface area contributed by atoms with Gasteiger partial charge in [-0.2, -0.15) is 0 Å². The molecule has 2 nitrogen and oxygen atoms in total. The smallest absolute Gasteiger partial charge is 0.131 e. The first-order valence-electron chi connectivity index (χ1n) is 9.76. The van der Waals surface area contributed by atoms with Crippen LogP contribution in [0.15, 0.2) is 67.1 Å². The molecule has 0 bridgehead atoms. The van der Waals surface area contributed by atoms with Crippen molar-refractivity contribution in [3.63, 3.8) is 0 Å². The number of nitrogens with one attached hydrogen (secondary N) is 1. The van der Waals surface area contributed by atoms with Crippen LogP contribution in [0.5, 0.6) is 0 Å². The van der Waals surface area contributed by atoms with E-state index in [0.717, 1.165) is 17.3 Å². The summed E-state index contributed by atoms with van der Waals surface area (Å²) in [5.74, 6) is -0.0878. The van der Waals surface area contributed by atoms with Crippen LogP contribution in [0.4, 0.5) is 8.78 Å². The molecule has 0 spiro atoms. The number of benzene rings is 2. The molecule has 2 atom stereocenters. The topological polar surface area (TPSA) is 15.3 Å². The van der Waals surface area contributed by atoms with E-state index in [1.165, 1.54) is 37.0 Å². The van der Waals surface area contributed by atoms with Gasteiger partial charge in [-0.25, -0.2) is 8.78 Å². The first-order chi connectivity index (χ1) is 13.3. The van der Waals surface area contributed by atoms with Gasteiger partial charge in [-0.1, -0.05) is 49.9 Å². The van der Waals surface area contributed by atoms with Crippen molar-refractivity contribution in [2.24, 2.45) is 0 Å². The molecule has 1 heterocycles. The summed E-state index contributed by atoms with van der Waals surface area (Å²) in [7, 11) is 1.90. The zero-order valence-corrected chi connectivity index (χ0v) is 16.4. The summed E-state index contributed by atoms with van der Waals surface area (Å²) in [6.07, 6.45) is 3.79. The first kappa shape index (κ1) is 18.7. The quantitative estimate of drug-likeness (QED) is 0.729. The Balaban J connectivity index is 1.80. The molecule has 28 heavy (non-hydrogen) atoms. The summed E-state index contributed by atoms with van der Waals surface area (Å²) in [4.78, 5) is 1.90. The molecule has 1 aliphatic heterocycles. The maximum absolute atomic E-state index is 14.8. The summed E-state index contributed by atoms with van der Waals surface area (Å²) in [5, 5.41) is 3.37. The number of rotatable bonds is 3. The molecule has 2 aliphatic rings. The van der Waals surface area contributed by atoms with Gasteiger partial charge in [0.2, 0.25) is 0 Å². The number of halogens is 2. The van der Waals surface area contributed by atoms with Crippen molar-refractivity contribution in [3.05, 3.63) is 95.5 Å². The highest BCUT2D eigenvalue weighted by molar-refractivity contribution is 5.44. The minimum absolute atomic E-state index is 0.224. The standard InChI is InChI=1S/C24H26F2N2/c1-15-23(19-10-8-18(9-11-19)17-6-5-7-17)24(3,27-16(2)28(15)4)21-13-12-20(25)14-22(21)26/h8-14,17,23,27H,1-2,5-7H2,3-4H3/t23-,24-/m1/s1. The lowest BCUT2D eigenvalue weighted by molar-refractivity contribution is 0.227. The van der Waals surface area contributed by atoms with E-state index in [9.17, 15) is 8.78 Å². The first-order valence-corrected chi connectivity index (χ1v) is 9.76. The van der Waals surface area contributed by atoms with Crippen molar-refractivity contribution in [3.8, 4) is 0 Å². The minimum atomic E-state index is -0.837. The van der Waals surface area contributed by atoms with Gasteiger partial charge in [0.05, 0.1) is 17.3 Å². The van der Waals surface area contributed by atoms with Crippen LogP contribution in [-0.2, 0) is 5.54 Å². The third-order valence-electron chi connectivity index (χ3n) is 6.49. The maximum atomic E-state index is 14.8. The normalized spacial score (nSPS) is 25.4. The number of hydrogen-bond donors (Lipinski definition) is 1. The second kappa shape index (κ2) is 6.77. The van der Waals surface area contributed by atoms with Gasteiger partial charge in [0.1, 0.15) is 11.6 Å². The summed E-state index contributed by atoms with van der Waals surface area (Å²) in [5.41, 5.74) is 2.79. The number of nitrogens with zero attached hydrogens (tertiary/aromatic N) is 1. The van der Waals surface area contributed by atoms with Crippen LogP contribution in [0, 0.1) is 11.6 Å². The highest BCUT2D eigenvalue weighted by Gasteiger charge is 2.45. The van der Waals surface area contributed by atoms with E-state index < -0.39 is 17.2 Å². The van der Waals surface area contributed by atoms with E-state index in [0.29, 0.717) is 17.3 Å². The molecule has 4 rings (SSSR count). The zero-order chi connectivity index (χ0) is 20.1. The third-order valence-corrected chi connectivity index (χ3v) is 6.49. The lowest BCUT2D eigenvalue weighted by atomic mass is 9.71. The Morgan fingerprint density at radius 2 is 1.68 bits per heavy atom. The van der Waals surface area contributed by atoms with Gasteiger partial charge in [0.25, 0.3) is 0 Å². The second-order valence-corrected chi connectivity index (χ2v) is 8.18. The largest absolute Gasteiger partial charge is 0.362 e. The van der Waals surface area contributed by atoms with Gasteiger partial charge in [0.15, 0.2) is 0 Å². The Morgan fingerprint density at radius 1 is 1.04 bits per heavy atom. The monoisotopic (exact) mass is 380 g/mol. The Morgan fingerprint density at radius 3 is 2.25 bits per heavy atom. The van der Waals surface area contributed by atoms with E-state index in [4.69, 9.17) is 0 Å². The minimum Gasteiger partial charge on any atom is -0.362 e. The molecular formula is C24H26F2N2. The van der Waals surface area contributed by atoms with Gasteiger partial charge >= 0.3 is 0 Å². The zero-order valence-electron chi connectivity index (χ0n) is 16.4. The van der Waals surface area contributed by atoms with Gasteiger partial charge in [-0.3, -0.25) is 0 Å². The van der Waals surface area contributed by atoms with Crippen LogP contribution in [0.1, 0.15) is 54.7 Å². The fraction of sp³-hybridized carbons (Fsp3) is 0.333. The fourth-order valence-corrected chi connectivity index (χ4v) is 4.52. The predicted molar refractivity (Wildman–Crippen MR) is 109 cm³/mol. The molecule has 1 saturated carbocycles. The molecule has 2 aromatic carbocycles. The SMILES string of the molecule is C=C1N[C@](C)(c2ccc(F)cc2F)[C@@H](c2ccc(C3CCC3)cc2)C(=C)N1C. The predicted octanol–water partition coefficient (Wildman–Crippen LogP) is 5.75. The third kappa shape index (κ3) is 2.92. The highest BCUT2D eigenvalue weighted by atomic mass is 19.1. The van der Waals surface area contributed by atoms with Crippen LogP contribution in [0.3, 0.4) is 0 Å². The molecule has 1 N–H and O–H groups in total. The summed E-state index contributed by atoms with van der Waals surface area (Å²) in [6, 6.07) is 12.3. The molecule has 0 radical (unpaired) electrons. The van der Waals surface area contributed by atoms with Gasteiger partial charge in [-0.05, 0) is 42.9 Å². The van der Waals surface area contributed by atoms with Crippen molar-refractivity contribution < 1.29 is 8.78 Å². The van der Waals surface area contributed by atoms with Crippen LogP contribution in [0.25, 0.3) is 0 Å². The fourth-order valence-electron chi connectivity index (χ4n) is 4.52. The molecule has 4 heteroatoms. The Bertz CT molecular complexity index is 930. The van der Waals surface area contributed by atoms with E-state index in [-0.39, 0.29) is 5.92 Å². The molecule has 0 aromatic heterocycles.